The Morgan fingerprint density at radius 1 is 1.35 bits per heavy atom. The largest absolute Gasteiger partial charge is 0.495 e. The van der Waals surface area contributed by atoms with Crippen molar-refractivity contribution in [2.75, 3.05) is 27.8 Å². The zero-order chi connectivity index (χ0) is 15.3. The van der Waals surface area contributed by atoms with E-state index in [1.54, 1.807) is 6.07 Å². The molecule has 0 unspecified atom stereocenters. The molecule has 0 saturated heterocycles. The van der Waals surface area contributed by atoms with E-state index in [9.17, 15) is 13.2 Å². The van der Waals surface area contributed by atoms with Crippen LogP contribution in [0, 0.1) is 0 Å². The van der Waals surface area contributed by atoms with Crippen LogP contribution >= 0.6 is 0 Å². The molecule has 7 nitrogen and oxygen atoms in total. The van der Waals surface area contributed by atoms with Crippen molar-refractivity contribution >= 4 is 16.0 Å². The lowest BCUT2D eigenvalue weighted by atomic mass is 10.2. The molecule has 0 aliphatic heterocycles. The number of carboxylic acid groups (broad SMARTS) is 1. The van der Waals surface area contributed by atoms with Gasteiger partial charge in [-0.25, -0.2) is 8.42 Å². The number of methoxy groups -OCH3 is 2. The Hall–Kier alpha value is -1.64. The zero-order valence-electron chi connectivity index (χ0n) is 11.5. The van der Waals surface area contributed by atoms with Crippen LogP contribution in [0.25, 0.3) is 0 Å². The molecule has 1 aromatic carbocycles. The van der Waals surface area contributed by atoms with Crippen molar-refractivity contribution in [3.8, 4) is 5.75 Å². The molecule has 20 heavy (non-hydrogen) atoms. The van der Waals surface area contributed by atoms with Gasteiger partial charge in [-0.05, 0) is 17.7 Å². The third kappa shape index (κ3) is 3.69. The summed E-state index contributed by atoms with van der Waals surface area (Å²) in [7, 11) is 0.0984. The smallest absolute Gasteiger partial charge is 0.318 e. The monoisotopic (exact) mass is 303 g/mol. The molecule has 0 bridgehead atoms. The molecule has 0 fully saturated rings. The van der Waals surface area contributed by atoms with Gasteiger partial charge < -0.3 is 14.6 Å². The van der Waals surface area contributed by atoms with Gasteiger partial charge in [-0.15, -0.1) is 0 Å². The summed E-state index contributed by atoms with van der Waals surface area (Å²) >= 11 is 0. The molecule has 1 rings (SSSR count). The maximum Gasteiger partial charge on any atom is 0.318 e. The minimum atomic E-state index is -3.95. The first-order chi connectivity index (χ1) is 9.32. The van der Waals surface area contributed by atoms with Crippen LogP contribution in [0.15, 0.2) is 23.1 Å². The van der Waals surface area contributed by atoms with Crippen LogP contribution in [0.2, 0.25) is 0 Å². The molecule has 0 heterocycles. The Morgan fingerprint density at radius 3 is 2.50 bits per heavy atom. The number of aliphatic carboxylic acids is 1. The highest BCUT2D eigenvalue weighted by Crippen LogP contribution is 2.27. The Morgan fingerprint density at radius 2 is 2.00 bits per heavy atom. The second-order valence-electron chi connectivity index (χ2n) is 4.07. The van der Waals surface area contributed by atoms with Gasteiger partial charge in [0.1, 0.15) is 17.2 Å². The molecule has 0 saturated carbocycles. The highest BCUT2D eigenvalue weighted by Gasteiger charge is 2.26. The Labute approximate surface area is 117 Å². The maximum absolute atomic E-state index is 12.3. The second kappa shape index (κ2) is 6.69. The van der Waals surface area contributed by atoms with E-state index in [1.165, 1.54) is 33.4 Å². The lowest BCUT2D eigenvalue weighted by Gasteiger charge is -2.17. The van der Waals surface area contributed by atoms with Gasteiger partial charge in [0, 0.05) is 14.2 Å². The van der Waals surface area contributed by atoms with Crippen LogP contribution in [0.5, 0.6) is 5.75 Å². The van der Waals surface area contributed by atoms with Gasteiger partial charge in [0.2, 0.25) is 10.0 Å². The summed E-state index contributed by atoms with van der Waals surface area (Å²) < 4.78 is 35.4. The van der Waals surface area contributed by atoms with Gasteiger partial charge in [0.15, 0.2) is 0 Å². The lowest BCUT2D eigenvalue weighted by Crippen LogP contribution is -2.32. The fraction of sp³-hybridized carbons (Fsp3) is 0.417. The standard InChI is InChI=1S/C12H17NO6S/c1-13(7-12(14)15)20(16,17)11-6-9(8-18-2)4-5-10(11)19-3/h4-6H,7-8H2,1-3H3,(H,14,15). The van der Waals surface area contributed by atoms with Gasteiger partial charge in [0.25, 0.3) is 0 Å². The van der Waals surface area contributed by atoms with Crippen molar-refractivity contribution in [1.29, 1.82) is 0 Å². The van der Waals surface area contributed by atoms with Crippen LogP contribution in [-0.4, -0.2) is 51.6 Å². The van der Waals surface area contributed by atoms with E-state index in [0.29, 0.717) is 5.56 Å². The predicted octanol–water partition coefficient (Wildman–Crippen LogP) is 0.547. The zero-order valence-corrected chi connectivity index (χ0v) is 12.3. The lowest BCUT2D eigenvalue weighted by molar-refractivity contribution is -0.137. The molecule has 0 aromatic heterocycles. The quantitative estimate of drug-likeness (QED) is 0.790. The summed E-state index contributed by atoms with van der Waals surface area (Å²) in [6, 6.07) is 4.60. The average Bonchev–Trinajstić information content (AvgIpc) is 2.38. The average molecular weight is 303 g/mol. The van der Waals surface area contributed by atoms with Crippen molar-refractivity contribution in [2.45, 2.75) is 11.5 Å². The SMILES string of the molecule is COCc1ccc(OC)c(S(=O)(=O)N(C)CC(=O)O)c1. The summed E-state index contributed by atoms with van der Waals surface area (Å²) in [5, 5.41) is 8.70. The van der Waals surface area contributed by atoms with E-state index < -0.39 is 22.5 Å². The summed E-state index contributed by atoms with van der Waals surface area (Å²) in [4.78, 5) is 10.6. The number of ether oxygens (including phenoxy) is 2. The molecular weight excluding hydrogens is 286 g/mol. The number of nitrogens with zero attached hydrogens (tertiary/aromatic N) is 1. The number of carboxylic acids is 1. The van der Waals surface area contributed by atoms with E-state index in [-0.39, 0.29) is 17.3 Å². The number of sulfonamides is 1. The first-order valence-corrected chi connectivity index (χ1v) is 7.11. The number of benzene rings is 1. The summed E-state index contributed by atoms with van der Waals surface area (Å²) in [6.45, 7) is -0.380. The summed E-state index contributed by atoms with van der Waals surface area (Å²) in [6.07, 6.45) is 0. The highest BCUT2D eigenvalue weighted by atomic mass is 32.2. The molecule has 112 valence electrons. The molecule has 0 spiro atoms. The van der Waals surface area contributed by atoms with Crippen molar-refractivity contribution in [1.82, 2.24) is 4.31 Å². The first-order valence-electron chi connectivity index (χ1n) is 5.67. The Bertz CT molecular complexity index is 584. The number of hydrogen-bond donors (Lipinski definition) is 1. The molecule has 0 radical (unpaired) electrons. The molecule has 1 N–H and O–H groups in total. The Kier molecular flexibility index (Phi) is 5.49. The van der Waals surface area contributed by atoms with Crippen LogP contribution in [0.4, 0.5) is 0 Å². The second-order valence-corrected chi connectivity index (χ2v) is 6.09. The van der Waals surface area contributed by atoms with Crippen molar-refractivity contribution in [2.24, 2.45) is 0 Å². The van der Waals surface area contributed by atoms with E-state index in [2.05, 4.69) is 0 Å². The first kappa shape index (κ1) is 16.4. The van der Waals surface area contributed by atoms with E-state index >= 15 is 0 Å². The number of carbonyl (C=O) groups is 1. The minimum absolute atomic E-state index is 0.0849. The van der Waals surface area contributed by atoms with Crippen molar-refractivity contribution in [3.63, 3.8) is 0 Å². The van der Waals surface area contributed by atoms with Gasteiger partial charge in [0.05, 0.1) is 13.7 Å². The Balaban J connectivity index is 3.27. The van der Waals surface area contributed by atoms with E-state index in [1.807, 2.05) is 0 Å². The maximum atomic E-state index is 12.3. The van der Waals surface area contributed by atoms with E-state index in [0.717, 1.165) is 4.31 Å². The van der Waals surface area contributed by atoms with Crippen molar-refractivity contribution in [3.05, 3.63) is 23.8 Å². The number of hydrogen-bond acceptors (Lipinski definition) is 5. The molecule has 0 amide bonds. The highest BCUT2D eigenvalue weighted by molar-refractivity contribution is 7.89. The predicted molar refractivity (Wildman–Crippen MR) is 71.2 cm³/mol. The molecule has 1 aromatic rings. The van der Waals surface area contributed by atoms with Crippen LogP contribution in [0.1, 0.15) is 5.56 Å². The van der Waals surface area contributed by atoms with Gasteiger partial charge >= 0.3 is 5.97 Å². The van der Waals surface area contributed by atoms with Crippen LogP contribution in [0.3, 0.4) is 0 Å². The van der Waals surface area contributed by atoms with Crippen molar-refractivity contribution < 1.29 is 27.8 Å². The van der Waals surface area contributed by atoms with Gasteiger partial charge in [-0.1, -0.05) is 6.07 Å². The third-order valence-corrected chi connectivity index (χ3v) is 4.41. The molecule has 0 aliphatic carbocycles. The summed E-state index contributed by atoms with van der Waals surface area (Å²) in [5.41, 5.74) is 0.649. The summed E-state index contributed by atoms with van der Waals surface area (Å²) in [5.74, 6) is -1.08. The fourth-order valence-electron chi connectivity index (χ4n) is 1.62. The minimum Gasteiger partial charge on any atom is -0.495 e. The topological polar surface area (TPSA) is 93.1 Å². The van der Waals surface area contributed by atoms with Gasteiger partial charge in [-0.2, -0.15) is 4.31 Å². The molecule has 0 atom stereocenters. The van der Waals surface area contributed by atoms with Gasteiger partial charge in [-0.3, -0.25) is 4.79 Å². The third-order valence-electron chi connectivity index (χ3n) is 2.59. The number of likely N-dealkylation sites (N-methyl/N-ethyl adjacent to an activating group) is 1. The molecule has 0 aliphatic rings. The van der Waals surface area contributed by atoms with E-state index in [4.69, 9.17) is 14.6 Å². The van der Waals surface area contributed by atoms with Crippen LogP contribution < -0.4 is 4.74 Å². The fourth-order valence-corrected chi connectivity index (χ4v) is 2.94. The molecular formula is C12H17NO6S. The normalized spacial score (nSPS) is 11.6. The number of rotatable bonds is 7. The molecule has 8 heteroatoms. The van der Waals surface area contributed by atoms with Crippen LogP contribution in [-0.2, 0) is 26.2 Å².